The van der Waals surface area contributed by atoms with E-state index in [1.165, 1.54) is 11.5 Å². The van der Waals surface area contributed by atoms with Crippen LogP contribution >= 0.6 is 11.5 Å². The molecule has 12 heavy (non-hydrogen) atoms. The standard InChI is InChI=1S/C7H13N3OS/c1-5-7(12-10-9-5)6(11)3-2-4-8/h6,11H,2-4,8H2,1H3. The Morgan fingerprint density at radius 3 is 2.92 bits per heavy atom. The fourth-order valence-corrected chi connectivity index (χ4v) is 1.65. The Bertz CT molecular complexity index is 238. The number of aryl methyl sites for hydroxylation is 1. The van der Waals surface area contributed by atoms with Gasteiger partial charge in [-0.25, -0.2) is 0 Å². The molecule has 1 unspecified atom stereocenters. The topological polar surface area (TPSA) is 72.0 Å². The van der Waals surface area contributed by atoms with Gasteiger partial charge in [-0.3, -0.25) is 0 Å². The minimum Gasteiger partial charge on any atom is -0.387 e. The van der Waals surface area contributed by atoms with Gasteiger partial charge in [0.15, 0.2) is 0 Å². The highest BCUT2D eigenvalue weighted by Crippen LogP contribution is 2.22. The predicted molar refractivity (Wildman–Crippen MR) is 47.9 cm³/mol. The highest BCUT2D eigenvalue weighted by Gasteiger charge is 2.12. The van der Waals surface area contributed by atoms with Gasteiger partial charge in [-0.05, 0) is 37.8 Å². The summed E-state index contributed by atoms with van der Waals surface area (Å²) < 4.78 is 3.75. The monoisotopic (exact) mass is 187 g/mol. The zero-order valence-corrected chi connectivity index (χ0v) is 7.84. The Morgan fingerprint density at radius 1 is 1.67 bits per heavy atom. The number of hydrogen-bond acceptors (Lipinski definition) is 5. The van der Waals surface area contributed by atoms with Gasteiger partial charge in [-0.15, -0.1) is 5.10 Å². The molecule has 0 aliphatic heterocycles. The summed E-state index contributed by atoms with van der Waals surface area (Å²) >= 11 is 1.26. The smallest absolute Gasteiger partial charge is 0.0917 e. The third-order valence-electron chi connectivity index (χ3n) is 1.67. The average Bonchev–Trinajstić information content (AvgIpc) is 2.47. The third kappa shape index (κ3) is 2.23. The summed E-state index contributed by atoms with van der Waals surface area (Å²) in [6.07, 6.45) is 1.09. The lowest BCUT2D eigenvalue weighted by Crippen LogP contribution is -2.03. The molecule has 0 bridgehead atoms. The van der Waals surface area contributed by atoms with Gasteiger partial charge in [0.25, 0.3) is 0 Å². The van der Waals surface area contributed by atoms with E-state index in [1.807, 2.05) is 6.92 Å². The van der Waals surface area contributed by atoms with Crippen LogP contribution in [0.25, 0.3) is 0 Å². The van der Waals surface area contributed by atoms with Crippen molar-refractivity contribution in [1.82, 2.24) is 9.59 Å². The van der Waals surface area contributed by atoms with Crippen molar-refractivity contribution in [3.8, 4) is 0 Å². The second-order valence-electron chi connectivity index (χ2n) is 2.67. The number of nitrogens with zero attached hydrogens (tertiary/aromatic N) is 2. The van der Waals surface area contributed by atoms with E-state index < -0.39 is 6.10 Å². The third-order valence-corrected chi connectivity index (χ3v) is 2.60. The van der Waals surface area contributed by atoms with Gasteiger partial charge >= 0.3 is 0 Å². The summed E-state index contributed by atoms with van der Waals surface area (Å²) in [5.41, 5.74) is 6.15. The van der Waals surface area contributed by atoms with Gasteiger partial charge in [0, 0.05) is 0 Å². The second-order valence-corrected chi connectivity index (χ2v) is 3.45. The fraction of sp³-hybridized carbons (Fsp3) is 0.714. The summed E-state index contributed by atoms with van der Waals surface area (Å²) in [6, 6.07) is 0. The van der Waals surface area contributed by atoms with Gasteiger partial charge in [0.1, 0.15) is 0 Å². The van der Waals surface area contributed by atoms with Crippen LogP contribution in [0.3, 0.4) is 0 Å². The van der Waals surface area contributed by atoms with E-state index in [9.17, 15) is 5.11 Å². The van der Waals surface area contributed by atoms with Crippen molar-refractivity contribution in [2.45, 2.75) is 25.9 Å². The molecule has 0 radical (unpaired) electrons. The first-order chi connectivity index (χ1) is 5.75. The van der Waals surface area contributed by atoms with Crippen molar-refractivity contribution in [2.24, 2.45) is 5.73 Å². The van der Waals surface area contributed by atoms with E-state index in [0.717, 1.165) is 17.0 Å². The molecule has 5 heteroatoms. The maximum absolute atomic E-state index is 9.60. The van der Waals surface area contributed by atoms with E-state index in [2.05, 4.69) is 9.59 Å². The van der Waals surface area contributed by atoms with Crippen LogP contribution in [0.4, 0.5) is 0 Å². The second kappa shape index (κ2) is 4.49. The van der Waals surface area contributed by atoms with E-state index in [1.54, 1.807) is 0 Å². The molecule has 0 aliphatic carbocycles. The zero-order valence-electron chi connectivity index (χ0n) is 7.03. The lowest BCUT2D eigenvalue weighted by Gasteiger charge is -2.06. The van der Waals surface area contributed by atoms with Crippen LogP contribution in [0.1, 0.15) is 29.5 Å². The van der Waals surface area contributed by atoms with Crippen molar-refractivity contribution >= 4 is 11.5 Å². The highest BCUT2D eigenvalue weighted by atomic mass is 32.1. The molecule has 1 aromatic rings. The van der Waals surface area contributed by atoms with Gasteiger partial charge in [0.2, 0.25) is 0 Å². The van der Waals surface area contributed by atoms with Crippen LogP contribution in [0, 0.1) is 6.92 Å². The summed E-state index contributed by atoms with van der Waals surface area (Å²) in [4.78, 5) is 0.864. The first-order valence-electron chi connectivity index (χ1n) is 3.92. The molecule has 0 saturated heterocycles. The summed E-state index contributed by atoms with van der Waals surface area (Å²) in [6.45, 7) is 2.47. The van der Waals surface area contributed by atoms with Gasteiger partial charge < -0.3 is 10.8 Å². The molecule has 1 heterocycles. The lowest BCUT2D eigenvalue weighted by atomic mass is 10.1. The number of aromatic nitrogens is 2. The number of nitrogens with two attached hydrogens (primary N) is 1. The molecule has 0 aliphatic rings. The van der Waals surface area contributed by atoms with Crippen LogP contribution in [-0.4, -0.2) is 21.2 Å². The molecule has 68 valence electrons. The number of hydrogen-bond donors (Lipinski definition) is 2. The first-order valence-corrected chi connectivity index (χ1v) is 4.70. The summed E-state index contributed by atoms with van der Waals surface area (Å²) in [5.74, 6) is 0. The van der Waals surface area contributed by atoms with Crippen molar-refractivity contribution in [2.75, 3.05) is 6.54 Å². The van der Waals surface area contributed by atoms with E-state index in [0.29, 0.717) is 13.0 Å². The molecule has 3 N–H and O–H groups in total. The molecule has 0 aromatic carbocycles. The number of rotatable bonds is 4. The quantitative estimate of drug-likeness (QED) is 0.724. The summed E-state index contributed by atoms with van der Waals surface area (Å²) in [5, 5.41) is 13.4. The predicted octanol–water partition coefficient (Wildman–Crippen LogP) is 0.619. The van der Waals surface area contributed by atoms with Crippen LogP contribution < -0.4 is 5.73 Å². The molecular formula is C7H13N3OS. The number of aliphatic hydroxyl groups is 1. The summed E-state index contributed by atoms with van der Waals surface area (Å²) in [7, 11) is 0. The number of aliphatic hydroxyl groups excluding tert-OH is 1. The molecule has 0 saturated carbocycles. The average molecular weight is 187 g/mol. The first kappa shape index (κ1) is 9.57. The Morgan fingerprint density at radius 2 is 2.42 bits per heavy atom. The Labute approximate surface area is 75.6 Å². The van der Waals surface area contributed by atoms with E-state index in [-0.39, 0.29) is 0 Å². The normalized spacial score (nSPS) is 13.2. The molecule has 0 spiro atoms. The minimum absolute atomic E-state index is 0.437. The highest BCUT2D eigenvalue weighted by molar-refractivity contribution is 7.05. The van der Waals surface area contributed by atoms with Gasteiger partial charge in [-0.2, -0.15) is 0 Å². The van der Waals surface area contributed by atoms with Crippen LogP contribution in [0.5, 0.6) is 0 Å². The minimum atomic E-state index is -0.437. The molecule has 0 fully saturated rings. The molecule has 1 atom stereocenters. The van der Waals surface area contributed by atoms with E-state index in [4.69, 9.17) is 5.73 Å². The Hall–Kier alpha value is -0.520. The van der Waals surface area contributed by atoms with Crippen molar-refractivity contribution in [1.29, 1.82) is 0 Å². The van der Waals surface area contributed by atoms with Gasteiger partial charge in [0.05, 0.1) is 16.7 Å². The Balaban J connectivity index is 2.52. The molecule has 1 aromatic heterocycles. The van der Waals surface area contributed by atoms with Crippen LogP contribution in [0.15, 0.2) is 0 Å². The van der Waals surface area contributed by atoms with Crippen molar-refractivity contribution in [3.05, 3.63) is 10.6 Å². The molecule has 0 amide bonds. The Kier molecular flexibility index (Phi) is 3.58. The van der Waals surface area contributed by atoms with Crippen LogP contribution in [0.2, 0.25) is 0 Å². The largest absolute Gasteiger partial charge is 0.387 e. The SMILES string of the molecule is Cc1nnsc1C(O)CCCN. The van der Waals surface area contributed by atoms with Crippen molar-refractivity contribution in [3.63, 3.8) is 0 Å². The molecule has 4 nitrogen and oxygen atoms in total. The molecule has 1 rings (SSSR count). The van der Waals surface area contributed by atoms with Gasteiger partial charge in [-0.1, -0.05) is 4.49 Å². The van der Waals surface area contributed by atoms with Crippen molar-refractivity contribution < 1.29 is 5.11 Å². The maximum atomic E-state index is 9.60. The maximum Gasteiger partial charge on any atom is 0.0917 e. The zero-order chi connectivity index (χ0) is 8.97. The fourth-order valence-electron chi connectivity index (χ4n) is 0.985. The molecular weight excluding hydrogens is 174 g/mol. The van der Waals surface area contributed by atoms with Crippen LogP contribution in [-0.2, 0) is 0 Å². The van der Waals surface area contributed by atoms with E-state index >= 15 is 0 Å². The lowest BCUT2D eigenvalue weighted by molar-refractivity contribution is 0.168.